The van der Waals surface area contributed by atoms with Crippen molar-refractivity contribution in [1.29, 1.82) is 0 Å². The van der Waals surface area contributed by atoms with Gasteiger partial charge in [0.15, 0.2) is 0 Å². The minimum Gasteiger partial charge on any atom is -0.478 e. The van der Waals surface area contributed by atoms with E-state index >= 15 is 0 Å². The molecular weight excluding hydrogens is 276 g/mol. The lowest BCUT2D eigenvalue weighted by atomic mass is 10.1. The maximum absolute atomic E-state index is 11.1. The average Bonchev–Trinajstić information content (AvgIpc) is 2.39. The van der Waals surface area contributed by atoms with Gasteiger partial charge in [-0.1, -0.05) is 41.9 Å². The van der Waals surface area contributed by atoms with Crippen LogP contribution in [0.3, 0.4) is 0 Å². The highest BCUT2D eigenvalue weighted by atomic mass is 35.5. The Bertz CT molecular complexity index is 602. The van der Waals surface area contributed by atoms with Crippen molar-refractivity contribution in [2.24, 2.45) is 0 Å². The van der Waals surface area contributed by atoms with Crippen molar-refractivity contribution in [3.63, 3.8) is 0 Å². The predicted octanol–water partition coefficient (Wildman–Crippen LogP) is 3.48. The van der Waals surface area contributed by atoms with Crippen LogP contribution in [0.1, 0.15) is 22.8 Å². The van der Waals surface area contributed by atoms with Crippen molar-refractivity contribution in [3.05, 3.63) is 58.7 Å². The lowest BCUT2D eigenvalue weighted by molar-refractivity contribution is 0.0697. The fraction of sp³-hybridized carbons (Fsp3) is 0.200. The molecule has 0 radical (unpaired) electrons. The molecule has 2 aromatic rings. The zero-order chi connectivity index (χ0) is 14.5. The maximum Gasteiger partial charge on any atom is 0.339 e. The zero-order valence-corrected chi connectivity index (χ0v) is 11.8. The summed E-state index contributed by atoms with van der Waals surface area (Å²) < 4.78 is 0. The molecule has 1 aromatic carbocycles. The second-order valence-corrected chi connectivity index (χ2v) is 4.96. The predicted molar refractivity (Wildman–Crippen MR) is 79.4 cm³/mol. The number of rotatable bonds is 5. The van der Waals surface area contributed by atoms with Gasteiger partial charge < -0.3 is 10.4 Å². The van der Waals surface area contributed by atoms with Crippen molar-refractivity contribution >= 4 is 23.4 Å². The molecule has 1 unspecified atom stereocenters. The van der Waals surface area contributed by atoms with Crippen LogP contribution >= 0.6 is 11.6 Å². The van der Waals surface area contributed by atoms with E-state index in [4.69, 9.17) is 16.7 Å². The number of hydrogen-bond donors (Lipinski definition) is 2. The van der Waals surface area contributed by atoms with Crippen LogP contribution in [0.25, 0.3) is 0 Å². The van der Waals surface area contributed by atoms with Crippen LogP contribution in [-0.4, -0.2) is 22.1 Å². The van der Waals surface area contributed by atoms with E-state index in [1.165, 1.54) is 17.7 Å². The molecule has 1 heterocycles. The van der Waals surface area contributed by atoms with Crippen LogP contribution in [0.2, 0.25) is 5.15 Å². The zero-order valence-electron chi connectivity index (χ0n) is 11.0. The summed E-state index contributed by atoms with van der Waals surface area (Å²) in [5.41, 5.74) is 1.29. The van der Waals surface area contributed by atoms with Crippen molar-refractivity contribution < 1.29 is 9.90 Å². The fourth-order valence-electron chi connectivity index (χ4n) is 1.97. The number of nitrogens with one attached hydrogen (secondary N) is 1. The second-order valence-electron chi connectivity index (χ2n) is 4.57. The number of benzene rings is 1. The molecule has 1 atom stereocenters. The molecule has 2 N–H and O–H groups in total. The highest BCUT2D eigenvalue weighted by molar-refractivity contribution is 6.29. The first-order valence-corrected chi connectivity index (χ1v) is 6.64. The number of nitrogens with zero attached hydrogens (tertiary/aromatic N) is 1. The summed E-state index contributed by atoms with van der Waals surface area (Å²) in [5, 5.41) is 12.5. The molecule has 5 heteroatoms. The number of aromatic carboxylic acids is 1. The second kappa shape index (κ2) is 6.39. The fourth-order valence-corrected chi connectivity index (χ4v) is 2.12. The largest absolute Gasteiger partial charge is 0.478 e. The molecule has 0 spiro atoms. The monoisotopic (exact) mass is 290 g/mol. The van der Waals surface area contributed by atoms with Gasteiger partial charge in [0, 0.05) is 6.04 Å². The number of anilines is 1. The molecule has 0 aliphatic rings. The molecule has 0 amide bonds. The molecule has 0 bridgehead atoms. The molecule has 0 aliphatic carbocycles. The molecule has 0 saturated heterocycles. The first kappa shape index (κ1) is 14.3. The molecule has 0 saturated carbocycles. The number of carboxylic acid groups (broad SMARTS) is 1. The van der Waals surface area contributed by atoms with E-state index in [1.54, 1.807) is 0 Å². The van der Waals surface area contributed by atoms with E-state index in [1.807, 2.05) is 37.3 Å². The first-order valence-electron chi connectivity index (χ1n) is 6.26. The number of aromatic nitrogens is 1. The third-order valence-corrected chi connectivity index (χ3v) is 3.07. The summed E-state index contributed by atoms with van der Waals surface area (Å²) in [4.78, 5) is 15.2. The van der Waals surface area contributed by atoms with E-state index in [0.29, 0.717) is 5.82 Å². The minimum atomic E-state index is -1.02. The van der Waals surface area contributed by atoms with Crippen LogP contribution in [-0.2, 0) is 6.42 Å². The van der Waals surface area contributed by atoms with Gasteiger partial charge in [-0.3, -0.25) is 0 Å². The number of carbonyl (C=O) groups is 1. The van der Waals surface area contributed by atoms with Crippen LogP contribution in [0, 0.1) is 0 Å². The van der Waals surface area contributed by atoms with Crippen LogP contribution < -0.4 is 5.32 Å². The SMILES string of the molecule is CC(Cc1ccccc1)Nc1nc(Cl)ccc1C(=O)O. The molecule has 2 rings (SSSR count). The van der Waals surface area contributed by atoms with E-state index in [-0.39, 0.29) is 16.8 Å². The standard InChI is InChI=1S/C15H15ClN2O2/c1-10(9-11-5-3-2-4-6-11)17-14-12(15(19)20)7-8-13(16)18-14/h2-8,10H,9H2,1H3,(H,17,18)(H,19,20). The van der Waals surface area contributed by atoms with Crippen LogP contribution in [0.4, 0.5) is 5.82 Å². The molecule has 0 fully saturated rings. The number of halogens is 1. The highest BCUT2D eigenvalue weighted by Gasteiger charge is 2.14. The number of carboxylic acids is 1. The van der Waals surface area contributed by atoms with Crippen molar-refractivity contribution in [2.75, 3.05) is 5.32 Å². The Morgan fingerprint density at radius 2 is 2.00 bits per heavy atom. The van der Waals surface area contributed by atoms with Gasteiger partial charge in [-0.25, -0.2) is 9.78 Å². The van der Waals surface area contributed by atoms with Gasteiger partial charge in [0.1, 0.15) is 16.5 Å². The van der Waals surface area contributed by atoms with E-state index in [2.05, 4.69) is 10.3 Å². The molecule has 0 aliphatic heterocycles. The van der Waals surface area contributed by atoms with Gasteiger partial charge in [0.2, 0.25) is 0 Å². The van der Waals surface area contributed by atoms with E-state index in [0.717, 1.165) is 6.42 Å². The Morgan fingerprint density at radius 3 is 2.65 bits per heavy atom. The summed E-state index contributed by atoms with van der Waals surface area (Å²) in [6.07, 6.45) is 0.772. The third kappa shape index (κ3) is 3.71. The molecule has 1 aromatic heterocycles. The summed E-state index contributed by atoms with van der Waals surface area (Å²) in [5.74, 6) is -0.725. The molecule has 4 nitrogen and oxygen atoms in total. The van der Waals surface area contributed by atoms with Gasteiger partial charge in [-0.15, -0.1) is 0 Å². The lowest BCUT2D eigenvalue weighted by Crippen LogP contribution is -2.21. The molecule has 104 valence electrons. The molecule has 20 heavy (non-hydrogen) atoms. The van der Waals surface area contributed by atoms with Gasteiger partial charge in [0.25, 0.3) is 0 Å². The molecular formula is C15H15ClN2O2. The lowest BCUT2D eigenvalue weighted by Gasteiger charge is -2.16. The Labute approximate surface area is 122 Å². The Morgan fingerprint density at radius 1 is 1.30 bits per heavy atom. The summed E-state index contributed by atoms with van der Waals surface area (Å²) in [7, 11) is 0. The maximum atomic E-state index is 11.1. The number of hydrogen-bond acceptors (Lipinski definition) is 3. The Balaban J connectivity index is 2.13. The van der Waals surface area contributed by atoms with Gasteiger partial charge >= 0.3 is 5.97 Å². The normalized spacial score (nSPS) is 11.9. The van der Waals surface area contributed by atoms with Crippen molar-refractivity contribution in [1.82, 2.24) is 4.98 Å². The minimum absolute atomic E-state index is 0.0430. The summed E-state index contributed by atoms with van der Waals surface area (Å²) in [6.45, 7) is 1.97. The Kier molecular flexibility index (Phi) is 4.58. The van der Waals surface area contributed by atoms with E-state index < -0.39 is 5.97 Å². The van der Waals surface area contributed by atoms with Gasteiger partial charge in [-0.05, 0) is 31.0 Å². The van der Waals surface area contributed by atoms with Gasteiger partial charge in [-0.2, -0.15) is 0 Å². The van der Waals surface area contributed by atoms with Gasteiger partial charge in [0.05, 0.1) is 0 Å². The highest BCUT2D eigenvalue weighted by Crippen LogP contribution is 2.18. The van der Waals surface area contributed by atoms with Crippen LogP contribution in [0.15, 0.2) is 42.5 Å². The third-order valence-electron chi connectivity index (χ3n) is 2.86. The smallest absolute Gasteiger partial charge is 0.339 e. The number of pyridine rings is 1. The van der Waals surface area contributed by atoms with E-state index in [9.17, 15) is 4.79 Å². The topological polar surface area (TPSA) is 62.2 Å². The summed E-state index contributed by atoms with van der Waals surface area (Å²) in [6, 6.07) is 12.9. The average molecular weight is 291 g/mol. The summed E-state index contributed by atoms with van der Waals surface area (Å²) >= 11 is 5.82. The van der Waals surface area contributed by atoms with Crippen LogP contribution in [0.5, 0.6) is 0 Å². The van der Waals surface area contributed by atoms with Crippen molar-refractivity contribution in [3.8, 4) is 0 Å². The first-order chi connectivity index (χ1) is 9.56. The van der Waals surface area contributed by atoms with Crippen molar-refractivity contribution in [2.45, 2.75) is 19.4 Å². The Hall–Kier alpha value is -2.07. The quantitative estimate of drug-likeness (QED) is 0.828.